The van der Waals surface area contributed by atoms with Crippen LogP contribution < -0.4 is 0 Å². The van der Waals surface area contributed by atoms with E-state index in [9.17, 15) is 18.8 Å². The van der Waals surface area contributed by atoms with E-state index < -0.39 is 11.6 Å². The molecule has 1 aliphatic heterocycles. The lowest BCUT2D eigenvalue weighted by Crippen LogP contribution is -2.35. The molecule has 1 unspecified atom stereocenters. The van der Waals surface area contributed by atoms with Crippen molar-refractivity contribution in [2.75, 3.05) is 13.7 Å². The Morgan fingerprint density at radius 2 is 2.09 bits per heavy atom. The molecule has 0 radical (unpaired) electrons. The van der Waals surface area contributed by atoms with Crippen molar-refractivity contribution in [2.24, 2.45) is 0 Å². The van der Waals surface area contributed by atoms with Gasteiger partial charge in [-0.25, -0.2) is 8.78 Å². The maximum absolute atomic E-state index is 14.5. The molecule has 1 amide bonds. The number of methoxy groups -OCH3 is 1. The predicted octanol–water partition coefficient (Wildman–Crippen LogP) is 3.96. The second-order valence-corrected chi connectivity index (χ2v) is 8.88. The van der Waals surface area contributed by atoms with Gasteiger partial charge in [0.2, 0.25) is 5.91 Å². The van der Waals surface area contributed by atoms with Crippen LogP contribution >= 0.6 is 0 Å². The Morgan fingerprint density at radius 3 is 2.82 bits per heavy atom. The van der Waals surface area contributed by atoms with Crippen LogP contribution in [-0.4, -0.2) is 40.3 Å². The maximum Gasteiger partial charge on any atom is 0.219 e. The standard InChI is InChI=1S/C26H24F2N4O2/c1-15(33)31-7-6-24-22(13-31)26(17-5-3-4-16(8-17)12-29)30-32(24)14-21-19-9-18(27)10-23(28)20(19)11-25(21)34-2/h3-5,8-10,21,25H,6-7,11,13-14H2,1-2H3/t21?,25-/m1/s1. The summed E-state index contributed by atoms with van der Waals surface area (Å²) in [6, 6.07) is 11.7. The van der Waals surface area contributed by atoms with Gasteiger partial charge >= 0.3 is 0 Å². The lowest BCUT2D eigenvalue weighted by Gasteiger charge is -2.27. The molecule has 0 spiro atoms. The summed E-state index contributed by atoms with van der Waals surface area (Å²) in [5.74, 6) is -1.43. The number of carbonyl (C=O) groups excluding carboxylic acids is 1. The number of hydrogen-bond donors (Lipinski definition) is 0. The quantitative estimate of drug-likeness (QED) is 0.589. The van der Waals surface area contributed by atoms with Gasteiger partial charge < -0.3 is 9.64 Å². The second-order valence-electron chi connectivity index (χ2n) is 8.88. The van der Waals surface area contributed by atoms with E-state index in [1.165, 1.54) is 6.07 Å². The summed E-state index contributed by atoms with van der Waals surface area (Å²) in [6.07, 6.45) is 0.698. The van der Waals surface area contributed by atoms with Crippen LogP contribution in [0.2, 0.25) is 0 Å². The summed E-state index contributed by atoms with van der Waals surface area (Å²) in [6.45, 7) is 2.95. The normalized spacial score (nSPS) is 19.0. The molecular formula is C26H24F2N4O2. The molecule has 3 aromatic rings. The van der Waals surface area contributed by atoms with Gasteiger partial charge in [-0.3, -0.25) is 9.48 Å². The van der Waals surface area contributed by atoms with E-state index in [1.54, 1.807) is 31.1 Å². The molecular weight excluding hydrogens is 438 g/mol. The topological polar surface area (TPSA) is 71.2 Å². The third-order valence-corrected chi connectivity index (χ3v) is 6.97. The molecule has 5 rings (SSSR count). The van der Waals surface area contributed by atoms with Crippen molar-refractivity contribution in [3.63, 3.8) is 0 Å². The Balaban J connectivity index is 1.59. The molecule has 174 valence electrons. The van der Waals surface area contributed by atoms with E-state index in [2.05, 4.69) is 6.07 Å². The fourth-order valence-corrected chi connectivity index (χ4v) is 5.24. The van der Waals surface area contributed by atoms with Crippen molar-refractivity contribution in [2.45, 2.75) is 44.9 Å². The minimum absolute atomic E-state index is 0.00903. The zero-order chi connectivity index (χ0) is 24.0. The highest BCUT2D eigenvalue weighted by molar-refractivity contribution is 5.75. The van der Waals surface area contributed by atoms with Crippen molar-refractivity contribution >= 4 is 5.91 Å². The zero-order valence-electron chi connectivity index (χ0n) is 19.0. The van der Waals surface area contributed by atoms with Crippen LogP contribution in [0.4, 0.5) is 8.78 Å². The van der Waals surface area contributed by atoms with Gasteiger partial charge in [0, 0.05) is 68.8 Å². The Kier molecular flexibility index (Phi) is 5.66. The fourth-order valence-electron chi connectivity index (χ4n) is 5.24. The number of halogens is 2. The van der Waals surface area contributed by atoms with Crippen LogP contribution in [0, 0.1) is 23.0 Å². The summed E-state index contributed by atoms with van der Waals surface area (Å²) in [4.78, 5) is 13.9. The Hall–Kier alpha value is -3.57. The minimum atomic E-state index is -0.605. The lowest BCUT2D eigenvalue weighted by atomic mass is 9.98. The van der Waals surface area contributed by atoms with E-state index >= 15 is 0 Å². The number of ether oxygens (including phenoxy) is 1. The number of benzene rings is 2. The highest BCUT2D eigenvalue weighted by Crippen LogP contribution is 2.39. The van der Waals surface area contributed by atoms with Crippen LogP contribution in [0.15, 0.2) is 36.4 Å². The Labute approximate surface area is 196 Å². The molecule has 1 aliphatic carbocycles. The van der Waals surface area contributed by atoms with Crippen LogP contribution in [-0.2, 0) is 35.5 Å². The maximum atomic E-state index is 14.5. The molecule has 0 N–H and O–H groups in total. The third kappa shape index (κ3) is 3.76. The summed E-state index contributed by atoms with van der Waals surface area (Å²) in [5, 5.41) is 14.3. The molecule has 2 aromatic carbocycles. The van der Waals surface area contributed by atoms with E-state index in [0.29, 0.717) is 49.2 Å². The first-order valence-electron chi connectivity index (χ1n) is 11.2. The third-order valence-electron chi connectivity index (χ3n) is 6.97. The number of hydrogen-bond acceptors (Lipinski definition) is 4. The van der Waals surface area contributed by atoms with Crippen molar-refractivity contribution in [1.29, 1.82) is 5.26 Å². The molecule has 0 saturated heterocycles. The summed E-state index contributed by atoms with van der Waals surface area (Å²) in [7, 11) is 1.58. The summed E-state index contributed by atoms with van der Waals surface area (Å²) >= 11 is 0. The molecule has 2 aliphatic rings. The molecule has 2 atom stereocenters. The number of fused-ring (bicyclic) bond motifs is 2. The van der Waals surface area contributed by atoms with Crippen LogP contribution in [0.1, 0.15) is 40.8 Å². The molecule has 34 heavy (non-hydrogen) atoms. The molecule has 0 fully saturated rings. The molecule has 6 nitrogen and oxygen atoms in total. The van der Waals surface area contributed by atoms with Gasteiger partial charge in [-0.15, -0.1) is 0 Å². The fraction of sp³-hybridized carbons (Fsp3) is 0.346. The van der Waals surface area contributed by atoms with Gasteiger partial charge in [-0.1, -0.05) is 12.1 Å². The van der Waals surface area contributed by atoms with Crippen molar-refractivity contribution < 1.29 is 18.3 Å². The van der Waals surface area contributed by atoms with Gasteiger partial charge in [-0.2, -0.15) is 10.4 Å². The number of carbonyl (C=O) groups is 1. The van der Waals surface area contributed by atoms with E-state index in [-0.39, 0.29) is 17.9 Å². The number of nitrogens with zero attached hydrogens (tertiary/aromatic N) is 4. The minimum Gasteiger partial charge on any atom is -0.380 e. The van der Waals surface area contributed by atoms with Gasteiger partial charge in [-0.05, 0) is 29.3 Å². The molecule has 1 aromatic heterocycles. The first-order valence-corrected chi connectivity index (χ1v) is 11.2. The van der Waals surface area contributed by atoms with Crippen LogP contribution in [0.5, 0.6) is 0 Å². The van der Waals surface area contributed by atoms with Crippen molar-refractivity contribution in [3.8, 4) is 17.3 Å². The van der Waals surface area contributed by atoms with Crippen LogP contribution in [0.3, 0.4) is 0 Å². The highest BCUT2D eigenvalue weighted by Gasteiger charge is 2.37. The van der Waals surface area contributed by atoms with E-state index in [4.69, 9.17) is 9.84 Å². The van der Waals surface area contributed by atoms with Crippen molar-refractivity contribution in [3.05, 3.63) is 76.0 Å². The number of nitriles is 1. The van der Waals surface area contributed by atoms with E-state index in [1.807, 2.05) is 16.8 Å². The number of amides is 1. The number of aromatic nitrogens is 2. The SMILES string of the molecule is CO[C@@H]1Cc2c(F)cc(F)cc2C1Cn1nc(-c2cccc(C#N)c2)c2c1CCN(C(C)=O)C2. The second kappa shape index (κ2) is 8.65. The predicted molar refractivity (Wildman–Crippen MR) is 121 cm³/mol. The first-order chi connectivity index (χ1) is 16.4. The van der Waals surface area contributed by atoms with Crippen LogP contribution in [0.25, 0.3) is 11.3 Å². The Morgan fingerprint density at radius 1 is 1.26 bits per heavy atom. The molecule has 0 bridgehead atoms. The first kappa shape index (κ1) is 22.2. The largest absolute Gasteiger partial charge is 0.380 e. The van der Waals surface area contributed by atoms with E-state index in [0.717, 1.165) is 28.6 Å². The highest BCUT2D eigenvalue weighted by atomic mass is 19.1. The monoisotopic (exact) mass is 462 g/mol. The summed E-state index contributed by atoms with van der Waals surface area (Å²) in [5.41, 5.74) is 5.08. The Bertz CT molecular complexity index is 1330. The lowest BCUT2D eigenvalue weighted by molar-refractivity contribution is -0.129. The average molecular weight is 463 g/mol. The smallest absolute Gasteiger partial charge is 0.219 e. The molecule has 8 heteroatoms. The number of rotatable bonds is 4. The zero-order valence-corrected chi connectivity index (χ0v) is 19.0. The van der Waals surface area contributed by atoms with Crippen molar-refractivity contribution in [1.82, 2.24) is 14.7 Å². The van der Waals surface area contributed by atoms with Gasteiger partial charge in [0.15, 0.2) is 0 Å². The molecule has 2 heterocycles. The summed E-state index contributed by atoms with van der Waals surface area (Å²) < 4.78 is 36.1. The van der Waals surface area contributed by atoms with Gasteiger partial charge in [0.25, 0.3) is 0 Å². The average Bonchev–Trinajstić information content (AvgIpc) is 3.37. The van der Waals surface area contributed by atoms with Gasteiger partial charge in [0.1, 0.15) is 11.6 Å². The molecule has 0 saturated carbocycles. The van der Waals surface area contributed by atoms with Gasteiger partial charge in [0.05, 0.1) is 30.0 Å².